The van der Waals surface area contributed by atoms with Crippen molar-refractivity contribution in [3.05, 3.63) is 28.2 Å². The predicted molar refractivity (Wildman–Crippen MR) is 112 cm³/mol. The van der Waals surface area contributed by atoms with Crippen molar-refractivity contribution >= 4 is 29.1 Å². The van der Waals surface area contributed by atoms with Crippen LogP contribution in [0.1, 0.15) is 31.0 Å². The molecule has 0 amide bonds. The molecule has 0 atom stereocenters. The first-order valence-electron chi connectivity index (χ1n) is 9.07. The Morgan fingerprint density at radius 2 is 2.08 bits per heavy atom. The Balaban J connectivity index is 1.72. The number of hydrogen-bond acceptors (Lipinski definition) is 5. The highest BCUT2D eigenvalue weighted by Gasteiger charge is 2.12. The first-order valence-corrected chi connectivity index (χ1v) is 11.2. The topological polar surface area (TPSA) is 67.1 Å². The average Bonchev–Trinajstić information content (AvgIpc) is 3.26. The molecule has 26 heavy (non-hydrogen) atoms. The van der Waals surface area contributed by atoms with Crippen molar-refractivity contribution < 1.29 is 0 Å². The Hall–Kier alpha value is -1.54. The Kier molecular flexibility index (Phi) is 8.97. The van der Waals surface area contributed by atoms with Crippen molar-refractivity contribution in [1.82, 2.24) is 25.4 Å². The molecule has 0 unspecified atom stereocenters. The zero-order chi connectivity index (χ0) is 18.8. The van der Waals surface area contributed by atoms with Crippen LogP contribution in [-0.2, 0) is 19.4 Å². The molecule has 2 aromatic heterocycles. The first-order chi connectivity index (χ1) is 12.6. The maximum atomic E-state index is 4.37. The summed E-state index contributed by atoms with van der Waals surface area (Å²) in [6, 6.07) is 4.26. The van der Waals surface area contributed by atoms with E-state index >= 15 is 0 Å². The quantitative estimate of drug-likeness (QED) is 0.281. The third-order valence-corrected chi connectivity index (χ3v) is 5.46. The lowest BCUT2D eigenvalue weighted by Gasteiger charge is -2.13. The number of thiophene rings is 1. The molecule has 2 rings (SSSR count). The fraction of sp³-hybridized carbons (Fsp3) is 0.611. The van der Waals surface area contributed by atoms with Gasteiger partial charge in [0.2, 0.25) is 0 Å². The van der Waals surface area contributed by atoms with Crippen LogP contribution in [0.15, 0.2) is 27.7 Å². The van der Waals surface area contributed by atoms with Crippen LogP contribution in [0.25, 0.3) is 0 Å². The van der Waals surface area contributed by atoms with Crippen LogP contribution < -0.4 is 10.6 Å². The molecule has 0 aliphatic rings. The van der Waals surface area contributed by atoms with E-state index in [1.807, 2.05) is 7.05 Å². The van der Waals surface area contributed by atoms with Gasteiger partial charge in [-0.1, -0.05) is 31.7 Å². The second-order valence-electron chi connectivity index (χ2n) is 6.47. The molecule has 0 saturated heterocycles. The van der Waals surface area contributed by atoms with Gasteiger partial charge < -0.3 is 15.2 Å². The summed E-state index contributed by atoms with van der Waals surface area (Å²) in [4.78, 5) is 5.68. The van der Waals surface area contributed by atoms with Gasteiger partial charge in [0, 0.05) is 38.0 Å². The van der Waals surface area contributed by atoms with Crippen LogP contribution in [0.3, 0.4) is 0 Å². The van der Waals surface area contributed by atoms with Crippen molar-refractivity contribution in [2.75, 3.05) is 26.4 Å². The molecule has 0 fully saturated rings. The highest BCUT2D eigenvalue weighted by molar-refractivity contribution is 7.98. The lowest BCUT2D eigenvalue weighted by molar-refractivity contribution is 0.477. The molecule has 2 N–H and O–H groups in total. The van der Waals surface area contributed by atoms with E-state index in [1.165, 1.54) is 4.88 Å². The second kappa shape index (κ2) is 11.2. The number of nitrogens with zero attached hydrogens (tertiary/aromatic N) is 4. The summed E-state index contributed by atoms with van der Waals surface area (Å²) in [6.07, 6.45) is 4.99. The Morgan fingerprint density at radius 1 is 1.27 bits per heavy atom. The molecule has 2 heterocycles. The van der Waals surface area contributed by atoms with E-state index in [-0.39, 0.29) is 0 Å². The average molecular weight is 395 g/mol. The zero-order valence-electron chi connectivity index (χ0n) is 16.2. The molecule has 0 aliphatic carbocycles. The van der Waals surface area contributed by atoms with E-state index in [9.17, 15) is 0 Å². The minimum absolute atomic E-state index is 0.583. The van der Waals surface area contributed by atoms with Crippen LogP contribution in [-0.4, -0.2) is 47.1 Å². The van der Waals surface area contributed by atoms with Gasteiger partial charge in [0.1, 0.15) is 5.82 Å². The number of aliphatic imine (C=N–C) groups is 1. The summed E-state index contributed by atoms with van der Waals surface area (Å²) in [7, 11) is 1.81. The molecule has 2 aromatic rings. The van der Waals surface area contributed by atoms with Gasteiger partial charge in [0.05, 0.1) is 0 Å². The highest BCUT2D eigenvalue weighted by atomic mass is 32.2. The van der Waals surface area contributed by atoms with Crippen LogP contribution in [0.2, 0.25) is 0 Å². The Labute approximate surface area is 164 Å². The molecule has 8 heteroatoms. The lowest BCUT2D eigenvalue weighted by atomic mass is 10.2. The van der Waals surface area contributed by atoms with Crippen LogP contribution in [0, 0.1) is 5.92 Å². The molecule has 0 radical (unpaired) electrons. The van der Waals surface area contributed by atoms with Crippen molar-refractivity contribution in [2.45, 2.75) is 44.8 Å². The van der Waals surface area contributed by atoms with E-state index in [0.717, 1.165) is 55.8 Å². The minimum atomic E-state index is 0.583. The molecule has 0 aromatic carbocycles. The summed E-state index contributed by atoms with van der Waals surface area (Å²) < 4.78 is 2.25. The van der Waals surface area contributed by atoms with Gasteiger partial charge in [-0.2, -0.15) is 0 Å². The molecule has 144 valence electrons. The summed E-state index contributed by atoms with van der Waals surface area (Å²) >= 11 is 3.45. The smallest absolute Gasteiger partial charge is 0.190 e. The summed E-state index contributed by atoms with van der Waals surface area (Å²) in [6.45, 7) is 7.17. The lowest BCUT2D eigenvalue weighted by Crippen LogP contribution is -2.38. The van der Waals surface area contributed by atoms with Crippen LogP contribution in [0.5, 0.6) is 0 Å². The van der Waals surface area contributed by atoms with Gasteiger partial charge in [0.15, 0.2) is 11.1 Å². The van der Waals surface area contributed by atoms with Gasteiger partial charge >= 0.3 is 0 Å². The van der Waals surface area contributed by atoms with Crippen molar-refractivity contribution in [3.63, 3.8) is 0 Å². The van der Waals surface area contributed by atoms with E-state index < -0.39 is 0 Å². The first kappa shape index (κ1) is 20.8. The van der Waals surface area contributed by atoms with E-state index in [1.54, 1.807) is 23.1 Å². The van der Waals surface area contributed by atoms with Gasteiger partial charge in [-0.25, -0.2) is 0 Å². The summed E-state index contributed by atoms with van der Waals surface area (Å²) in [5.41, 5.74) is 0. The van der Waals surface area contributed by atoms with E-state index in [4.69, 9.17) is 0 Å². The van der Waals surface area contributed by atoms with Crippen LogP contribution in [0.4, 0.5) is 0 Å². The van der Waals surface area contributed by atoms with Gasteiger partial charge in [0.25, 0.3) is 0 Å². The number of hydrogen-bond donors (Lipinski definition) is 2. The maximum Gasteiger partial charge on any atom is 0.190 e. The fourth-order valence-electron chi connectivity index (χ4n) is 2.64. The molecule has 0 saturated carbocycles. The Morgan fingerprint density at radius 3 is 2.73 bits per heavy atom. The van der Waals surface area contributed by atoms with Crippen molar-refractivity contribution in [1.29, 1.82) is 0 Å². The molecule has 6 nitrogen and oxygen atoms in total. The van der Waals surface area contributed by atoms with Gasteiger partial charge in [-0.15, -0.1) is 21.5 Å². The summed E-state index contributed by atoms with van der Waals surface area (Å²) in [5, 5.41) is 18.5. The monoisotopic (exact) mass is 394 g/mol. The largest absolute Gasteiger partial charge is 0.356 e. The second-order valence-corrected chi connectivity index (χ2v) is 8.27. The number of thioether (sulfide) groups is 1. The SMILES string of the molecule is CN=C(NCCCc1nnc(SC)n1CC(C)C)NCCc1cccs1. The number of guanidine groups is 1. The minimum Gasteiger partial charge on any atom is -0.356 e. The molecular weight excluding hydrogens is 364 g/mol. The number of aryl methyl sites for hydroxylation is 1. The number of aromatic nitrogens is 3. The third-order valence-electron chi connectivity index (χ3n) is 3.86. The third kappa shape index (κ3) is 6.64. The number of rotatable bonds is 10. The zero-order valence-corrected chi connectivity index (χ0v) is 17.8. The van der Waals surface area contributed by atoms with Crippen LogP contribution >= 0.6 is 23.1 Å². The van der Waals surface area contributed by atoms with E-state index in [0.29, 0.717) is 5.92 Å². The fourth-order valence-corrected chi connectivity index (χ4v) is 3.87. The Bertz CT molecular complexity index is 663. The van der Waals surface area contributed by atoms with Crippen molar-refractivity contribution in [3.8, 4) is 0 Å². The normalized spacial score (nSPS) is 12.0. The van der Waals surface area contributed by atoms with Gasteiger partial charge in [-0.05, 0) is 36.5 Å². The standard InChI is InChI=1S/C18H30N6S2/c1-14(2)13-24-16(22-23-18(24)25-4)8-5-10-20-17(19-3)21-11-9-15-7-6-12-26-15/h6-7,12,14H,5,8-11,13H2,1-4H3,(H2,19,20,21). The van der Waals surface area contributed by atoms with Crippen molar-refractivity contribution in [2.24, 2.45) is 10.9 Å². The molecular formula is C18H30N6S2. The highest BCUT2D eigenvalue weighted by Crippen LogP contribution is 2.16. The molecule has 0 aliphatic heterocycles. The van der Waals surface area contributed by atoms with Gasteiger partial charge in [-0.3, -0.25) is 4.99 Å². The maximum absolute atomic E-state index is 4.37. The summed E-state index contributed by atoms with van der Waals surface area (Å²) in [5.74, 6) is 2.51. The van der Waals surface area contributed by atoms with E-state index in [2.05, 4.69) is 68.0 Å². The number of nitrogens with one attached hydrogen (secondary N) is 2. The molecule has 0 bridgehead atoms. The predicted octanol–water partition coefficient (Wildman–Crippen LogP) is 3.06. The molecule has 0 spiro atoms.